The third-order valence-electron chi connectivity index (χ3n) is 1.90. The number of methoxy groups -OCH3 is 1. The zero-order chi connectivity index (χ0) is 11.9. The number of carbonyl (C=O) groups excluding carboxylic acids is 1. The molecule has 0 unspecified atom stereocenters. The summed E-state index contributed by atoms with van der Waals surface area (Å²) in [6, 6.07) is 0. The number of likely N-dealkylation sites (N-methyl/N-ethyl adjacent to an activating group) is 1. The molecule has 0 aliphatic carbocycles. The number of aliphatic hydroxyl groups excluding tert-OH is 1. The number of hydrogen-bond donors (Lipinski definition) is 1. The summed E-state index contributed by atoms with van der Waals surface area (Å²) in [4.78, 5) is 10.7. The van der Waals surface area contributed by atoms with Gasteiger partial charge in [0.1, 0.15) is 0 Å². The summed E-state index contributed by atoms with van der Waals surface area (Å²) in [6.45, 7) is -0.146. The van der Waals surface area contributed by atoms with Crippen molar-refractivity contribution < 1.29 is 23.1 Å². The van der Waals surface area contributed by atoms with E-state index in [2.05, 4.69) is 4.74 Å². The number of ether oxygens (including phenoxy) is 1. The molecule has 0 aromatic rings. The lowest BCUT2D eigenvalue weighted by Crippen LogP contribution is -2.31. The molecule has 0 aliphatic rings. The van der Waals surface area contributed by atoms with Crippen LogP contribution in [0.5, 0.6) is 0 Å². The van der Waals surface area contributed by atoms with Gasteiger partial charge in [0.05, 0.1) is 19.5 Å². The van der Waals surface area contributed by atoms with E-state index in [9.17, 15) is 13.2 Å². The lowest BCUT2D eigenvalue weighted by atomic mass is 10.3. The highest BCUT2D eigenvalue weighted by Gasteiger charge is 2.17. The van der Waals surface area contributed by atoms with E-state index in [-0.39, 0.29) is 31.7 Å². The molecule has 0 aliphatic heterocycles. The first kappa shape index (κ1) is 14.3. The predicted molar refractivity (Wildman–Crippen MR) is 54.8 cm³/mol. The Bertz CT molecular complexity index is 287. The Morgan fingerprint density at radius 1 is 1.47 bits per heavy atom. The minimum Gasteiger partial charge on any atom is -0.469 e. The summed E-state index contributed by atoms with van der Waals surface area (Å²) < 4.78 is 28.4. The monoisotopic (exact) mass is 239 g/mol. The number of sulfonamides is 1. The van der Waals surface area contributed by atoms with Gasteiger partial charge in [-0.05, 0) is 6.42 Å². The Hall–Kier alpha value is -0.660. The molecule has 6 nitrogen and oxygen atoms in total. The van der Waals surface area contributed by atoms with Crippen LogP contribution in [0.2, 0.25) is 0 Å². The smallest absolute Gasteiger partial charge is 0.305 e. The van der Waals surface area contributed by atoms with Crippen molar-refractivity contribution in [2.24, 2.45) is 0 Å². The highest BCUT2D eigenvalue weighted by Crippen LogP contribution is 2.02. The minimum absolute atomic E-state index is 0.0700. The first-order chi connectivity index (χ1) is 6.94. The lowest BCUT2D eigenvalue weighted by Gasteiger charge is -2.15. The van der Waals surface area contributed by atoms with Crippen LogP contribution in [0, 0.1) is 0 Å². The molecular formula is C8H17NO5S. The number of carbonyl (C=O) groups is 1. The van der Waals surface area contributed by atoms with Gasteiger partial charge in [0.2, 0.25) is 10.0 Å². The number of esters is 1. The quantitative estimate of drug-likeness (QED) is 0.588. The Balaban J connectivity index is 3.99. The number of rotatable bonds is 7. The molecule has 0 saturated carbocycles. The van der Waals surface area contributed by atoms with Crippen molar-refractivity contribution in [1.29, 1.82) is 0 Å². The average Bonchev–Trinajstić information content (AvgIpc) is 2.17. The van der Waals surface area contributed by atoms with Crippen molar-refractivity contribution in [2.45, 2.75) is 12.8 Å². The molecule has 0 aromatic carbocycles. The lowest BCUT2D eigenvalue weighted by molar-refractivity contribution is -0.140. The SMILES string of the molecule is COC(=O)CCCS(=O)(=O)N(C)CCO. The molecule has 0 aromatic heterocycles. The largest absolute Gasteiger partial charge is 0.469 e. The molecule has 0 rings (SSSR count). The highest BCUT2D eigenvalue weighted by molar-refractivity contribution is 7.89. The molecule has 7 heteroatoms. The van der Waals surface area contributed by atoms with Gasteiger partial charge in [-0.2, -0.15) is 0 Å². The standard InChI is InChI=1S/C8H17NO5S/c1-9(5-6-10)15(12,13)7-3-4-8(11)14-2/h10H,3-7H2,1-2H3. The van der Waals surface area contributed by atoms with Gasteiger partial charge in [-0.15, -0.1) is 0 Å². The Morgan fingerprint density at radius 2 is 2.07 bits per heavy atom. The maximum absolute atomic E-state index is 11.5. The van der Waals surface area contributed by atoms with E-state index < -0.39 is 16.0 Å². The van der Waals surface area contributed by atoms with Gasteiger partial charge in [0.15, 0.2) is 0 Å². The van der Waals surface area contributed by atoms with Crippen molar-refractivity contribution in [3.05, 3.63) is 0 Å². The molecule has 0 saturated heterocycles. The highest BCUT2D eigenvalue weighted by atomic mass is 32.2. The molecular weight excluding hydrogens is 222 g/mol. The second-order valence-corrected chi connectivity index (χ2v) is 5.24. The molecule has 0 amide bonds. The van der Waals surface area contributed by atoms with E-state index in [0.717, 1.165) is 4.31 Å². The van der Waals surface area contributed by atoms with Gasteiger partial charge in [-0.1, -0.05) is 0 Å². The predicted octanol–water partition coefficient (Wildman–Crippen LogP) is -0.806. The van der Waals surface area contributed by atoms with Crippen LogP contribution < -0.4 is 0 Å². The fourth-order valence-electron chi connectivity index (χ4n) is 0.937. The van der Waals surface area contributed by atoms with E-state index >= 15 is 0 Å². The van der Waals surface area contributed by atoms with Gasteiger partial charge >= 0.3 is 5.97 Å². The molecule has 90 valence electrons. The second kappa shape index (κ2) is 6.76. The first-order valence-electron chi connectivity index (χ1n) is 4.55. The molecule has 0 fully saturated rings. The number of hydrogen-bond acceptors (Lipinski definition) is 5. The Kier molecular flexibility index (Phi) is 6.46. The maximum Gasteiger partial charge on any atom is 0.305 e. The Labute approximate surface area is 89.9 Å². The van der Waals surface area contributed by atoms with Crippen LogP contribution >= 0.6 is 0 Å². The van der Waals surface area contributed by atoms with Crippen LogP contribution in [-0.2, 0) is 19.6 Å². The molecule has 0 bridgehead atoms. The van der Waals surface area contributed by atoms with Crippen molar-refractivity contribution in [3.63, 3.8) is 0 Å². The zero-order valence-electron chi connectivity index (χ0n) is 8.97. The molecule has 1 N–H and O–H groups in total. The normalized spacial score (nSPS) is 11.7. The van der Waals surface area contributed by atoms with Crippen molar-refractivity contribution >= 4 is 16.0 Å². The number of aliphatic hydroxyl groups is 1. The van der Waals surface area contributed by atoms with Crippen molar-refractivity contribution in [2.75, 3.05) is 33.1 Å². The molecule has 0 heterocycles. The van der Waals surface area contributed by atoms with Crippen LogP contribution in [-0.4, -0.2) is 56.9 Å². The van der Waals surface area contributed by atoms with Gasteiger partial charge in [-0.3, -0.25) is 4.79 Å². The van der Waals surface area contributed by atoms with E-state index in [4.69, 9.17) is 5.11 Å². The Morgan fingerprint density at radius 3 is 2.53 bits per heavy atom. The first-order valence-corrected chi connectivity index (χ1v) is 6.16. The van der Waals surface area contributed by atoms with Crippen LogP contribution in [0.1, 0.15) is 12.8 Å². The van der Waals surface area contributed by atoms with E-state index in [1.54, 1.807) is 0 Å². The van der Waals surface area contributed by atoms with E-state index in [1.807, 2.05) is 0 Å². The summed E-state index contributed by atoms with van der Waals surface area (Å²) >= 11 is 0. The number of nitrogens with zero attached hydrogens (tertiary/aromatic N) is 1. The average molecular weight is 239 g/mol. The maximum atomic E-state index is 11.5. The second-order valence-electron chi connectivity index (χ2n) is 3.04. The molecule has 0 spiro atoms. The summed E-state index contributed by atoms with van der Waals surface area (Å²) in [6.07, 6.45) is 0.313. The summed E-state index contributed by atoms with van der Waals surface area (Å²) in [5, 5.41) is 8.57. The topological polar surface area (TPSA) is 83.9 Å². The van der Waals surface area contributed by atoms with Crippen LogP contribution in [0.25, 0.3) is 0 Å². The van der Waals surface area contributed by atoms with E-state index in [0.29, 0.717) is 0 Å². The third-order valence-corrected chi connectivity index (χ3v) is 3.84. The third kappa shape index (κ3) is 5.71. The van der Waals surface area contributed by atoms with Gasteiger partial charge in [0.25, 0.3) is 0 Å². The van der Waals surface area contributed by atoms with E-state index in [1.165, 1.54) is 14.2 Å². The van der Waals surface area contributed by atoms with Crippen molar-refractivity contribution in [3.8, 4) is 0 Å². The zero-order valence-corrected chi connectivity index (χ0v) is 9.79. The minimum atomic E-state index is -3.36. The van der Waals surface area contributed by atoms with Crippen LogP contribution in [0.4, 0.5) is 0 Å². The van der Waals surface area contributed by atoms with Gasteiger partial charge in [0, 0.05) is 20.0 Å². The summed E-state index contributed by atoms with van der Waals surface area (Å²) in [5.41, 5.74) is 0. The van der Waals surface area contributed by atoms with Crippen LogP contribution in [0.15, 0.2) is 0 Å². The van der Waals surface area contributed by atoms with Crippen LogP contribution in [0.3, 0.4) is 0 Å². The van der Waals surface area contributed by atoms with Gasteiger partial charge < -0.3 is 9.84 Å². The van der Waals surface area contributed by atoms with Gasteiger partial charge in [-0.25, -0.2) is 12.7 Å². The molecule has 0 radical (unpaired) electrons. The molecule has 0 atom stereocenters. The fourth-order valence-corrected chi connectivity index (χ4v) is 2.12. The summed E-state index contributed by atoms with van der Waals surface area (Å²) in [7, 11) is -0.710. The summed E-state index contributed by atoms with van der Waals surface area (Å²) in [5.74, 6) is -0.534. The molecule has 15 heavy (non-hydrogen) atoms. The van der Waals surface area contributed by atoms with Crippen molar-refractivity contribution in [1.82, 2.24) is 4.31 Å². The fraction of sp³-hybridized carbons (Fsp3) is 0.875.